The Morgan fingerprint density at radius 2 is 1.45 bits per heavy atom. The molecule has 9 rings (SSSR count). The number of aliphatic hydroxyl groups excluding tert-OH is 1. The largest absolute Gasteiger partial charge is 0.493 e. The zero-order valence-electron chi connectivity index (χ0n) is 34.2. The molecule has 0 unspecified atom stereocenters. The summed E-state index contributed by atoms with van der Waals surface area (Å²) >= 11 is 0. The number of aliphatic hydroxyl groups is 1. The minimum atomic E-state index is -0.134. The molecule has 0 saturated carbocycles. The van der Waals surface area contributed by atoms with Crippen molar-refractivity contribution in [3.63, 3.8) is 0 Å². The van der Waals surface area contributed by atoms with Gasteiger partial charge in [0.2, 0.25) is 5.75 Å². The molecular formula is C46H58N4O6. The maximum absolute atomic E-state index is 10.9. The van der Waals surface area contributed by atoms with E-state index in [9.17, 15) is 5.11 Å². The minimum Gasteiger partial charge on any atom is -0.493 e. The van der Waals surface area contributed by atoms with E-state index in [0.717, 1.165) is 93.0 Å². The molecule has 1 N–H and O–H groups in total. The number of ether oxygens (including phenoxy) is 5. The Bertz CT molecular complexity index is 2040. The molecule has 1 fully saturated rings. The van der Waals surface area contributed by atoms with Crippen LogP contribution in [0.1, 0.15) is 69.4 Å². The monoisotopic (exact) mass is 762 g/mol. The summed E-state index contributed by atoms with van der Waals surface area (Å²) < 4.78 is 32.4. The van der Waals surface area contributed by atoms with Crippen molar-refractivity contribution in [2.75, 3.05) is 75.7 Å². The van der Waals surface area contributed by atoms with Crippen LogP contribution in [0.5, 0.6) is 40.2 Å². The number of likely N-dealkylation sites (N-methyl/N-ethyl adjacent to an activating group) is 2. The van der Waals surface area contributed by atoms with E-state index in [1.54, 1.807) is 21.3 Å². The molecule has 10 heteroatoms. The van der Waals surface area contributed by atoms with Gasteiger partial charge >= 0.3 is 0 Å². The summed E-state index contributed by atoms with van der Waals surface area (Å²) in [5, 5.41) is 10.9. The molecule has 0 aromatic heterocycles. The van der Waals surface area contributed by atoms with Crippen LogP contribution in [-0.4, -0.2) is 106 Å². The van der Waals surface area contributed by atoms with Crippen LogP contribution in [0, 0.1) is 0 Å². The lowest BCUT2D eigenvalue weighted by Gasteiger charge is -2.40. The second kappa shape index (κ2) is 16.3. The molecule has 56 heavy (non-hydrogen) atoms. The highest BCUT2D eigenvalue weighted by atomic mass is 16.5. The number of nitrogens with zero attached hydrogens (tertiary/aromatic N) is 4. The van der Waals surface area contributed by atoms with Gasteiger partial charge in [-0.2, -0.15) is 0 Å². The fourth-order valence-corrected chi connectivity index (χ4v) is 9.54. The first-order valence-corrected chi connectivity index (χ1v) is 20.2. The van der Waals surface area contributed by atoms with Gasteiger partial charge in [0, 0.05) is 54.5 Å². The topological polar surface area (TPSA) is 79.3 Å². The van der Waals surface area contributed by atoms with Crippen LogP contribution in [0.25, 0.3) is 0 Å². The summed E-state index contributed by atoms with van der Waals surface area (Å²) in [7, 11) is 13.9. The van der Waals surface area contributed by atoms with E-state index in [1.807, 2.05) is 6.07 Å². The Balaban J connectivity index is 1.34. The summed E-state index contributed by atoms with van der Waals surface area (Å²) in [6.07, 6.45) is 5.53. The fourth-order valence-electron chi connectivity index (χ4n) is 9.54. The number of fused-ring (bicyclic) bond motifs is 2. The fraction of sp³-hybridized carbons (Fsp3) is 0.478. The van der Waals surface area contributed by atoms with E-state index in [0.29, 0.717) is 41.2 Å². The van der Waals surface area contributed by atoms with Gasteiger partial charge in [0.05, 0.1) is 27.9 Å². The van der Waals surface area contributed by atoms with Crippen LogP contribution in [0.4, 0.5) is 0 Å². The molecule has 0 aliphatic carbocycles. The number of rotatable bonds is 7. The van der Waals surface area contributed by atoms with Crippen molar-refractivity contribution in [2.24, 2.45) is 0 Å². The molecule has 298 valence electrons. The average molecular weight is 763 g/mol. The quantitative estimate of drug-likeness (QED) is 0.210. The normalized spacial score (nSPS) is 20.4. The maximum atomic E-state index is 10.9. The standard InChI is InChI=1S/C46H58N4O6/c1-47(2)33-15-20-50(21-16-33)27-37-35-17-19-49(4)39-23-30-10-13-40(52-5)42(24-30)55-34-11-8-29(9-12-34)22-38-36-26-41(32(28-51)25-31(36)14-18-48(38)3)56-45(43(35)39)46(54-7)44(37)53-6/h8-13,24-26,33,38-39,51H,14-23,27-28H2,1-7H3/t38-,39-/m0/s1. The van der Waals surface area contributed by atoms with Crippen molar-refractivity contribution in [1.82, 2.24) is 19.6 Å². The lowest BCUT2D eigenvalue weighted by molar-refractivity contribution is 0.138. The van der Waals surface area contributed by atoms with E-state index < -0.39 is 0 Å². The predicted molar refractivity (Wildman–Crippen MR) is 219 cm³/mol. The summed E-state index contributed by atoms with van der Waals surface area (Å²) in [6.45, 7) is 4.49. The van der Waals surface area contributed by atoms with Crippen molar-refractivity contribution in [2.45, 2.75) is 69.8 Å². The summed E-state index contributed by atoms with van der Waals surface area (Å²) in [6, 6.07) is 19.7. The lowest BCUT2D eigenvalue weighted by atomic mass is 9.84. The van der Waals surface area contributed by atoms with Crippen molar-refractivity contribution in [1.29, 1.82) is 0 Å². The number of hydrogen-bond donors (Lipinski definition) is 1. The molecule has 4 aromatic rings. The molecule has 0 amide bonds. The Kier molecular flexibility index (Phi) is 11.2. The molecule has 0 spiro atoms. The number of likely N-dealkylation sites (tertiary alicyclic amines) is 1. The molecule has 6 bridgehead atoms. The van der Waals surface area contributed by atoms with E-state index in [1.165, 1.54) is 27.8 Å². The van der Waals surface area contributed by atoms with Crippen LogP contribution < -0.4 is 23.7 Å². The Hall–Kier alpha value is -4.32. The molecule has 10 nitrogen and oxygen atoms in total. The zero-order valence-corrected chi connectivity index (χ0v) is 34.2. The van der Waals surface area contributed by atoms with Gasteiger partial charge in [0.25, 0.3) is 0 Å². The molecule has 1 saturated heterocycles. The third-order valence-corrected chi connectivity index (χ3v) is 12.8. The van der Waals surface area contributed by atoms with Crippen molar-refractivity contribution < 1.29 is 28.8 Å². The molecule has 5 aliphatic rings. The predicted octanol–water partition coefficient (Wildman–Crippen LogP) is 7.17. The first-order chi connectivity index (χ1) is 27.2. The first-order valence-electron chi connectivity index (χ1n) is 20.2. The maximum Gasteiger partial charge on any atom is 0.204 e. The van der Waals surface area contributed by atoms with E-state index in [-0.39, 0.29) is 18.7 Å². The second-order valence-electron chi connectivity index (χ2n) is 16.3. The van der Waals surface area contributed by atoms with Gasteiger partial charge in [-0.3, -0.25) is 14.7 Å². The highest BCUT2D eigenvalue weighted by Crippen LogP contribution is 2.53. The second-order valence-corrected chi connectivity index (χ2v) is 16.3. The van der Waals surface area contributed by atoms with Crippen molar-refractivity contribution >= 4 is 0 Å². The van der Waals surface area contributed by atoms with Gasteiger partial charge < -0.3 is 33.7 Å². The molecule has 4 aromatic carbocycles. The zero-order chi connectivity index (χ0) is 39.1. The highest BCUT2D eigenvalue weighted by Gasteiger charge is 2.38. The van der Waals surface area contributed by atoms with Gasteiger partial charge in [-0.25, -0.2) is 0 Å². The molecular weight excluding hydrogens is 705 g/mol. The number of benzene rings is 4. The van der Waals surface area contributed by atoms with Crippen LogP contribution in [0.2, 0.25) is 0 Å². The van der Waals surface area contributed by atoms with Crippen LogP contribution >= 0.6 is 0 Å². The van der Waals surface area contributed by atoms with E-state index >= 15 is 0 Å². The lowest BCUT2D eigenvalue weighted by Crippen LogP contribution is -2.42. The third kappa shape index (κ3) is 7.34. The number of hydrogen-bond acceptors (Lipinski definition) is 10. The molecule has 2 atom stereocenters. The summed E-state index contributed by atoms with van der Waals surface area (Å²) in [4.78, 5) is 9.78. The number of piperidine rings is 1. The Morgan fingerprint density at radius 3 is 2.14 bits per heavy atom. The minimum absolute atomic E-state index is 0.0553. The van der Waals surface area contributed by atoms with Crippen LogP contribution in [0.3, 0.4) is 0 Å². The van der Waals surface area contributed by atoms with Crippen molar-refractivity contribution in [3.8, 4) is 40.2 Å². The van der Waals surface area contributed by atoms with E-state index in [2.05, 4.69) is 96.3 Å². The first kappa shape index (κ1) is 38.5. The summed E-state index contributed by atoms with van der Waals surface area (Å²) in [5.41, 5.74) is 9.12. The summed E-state index contributed by atoms with van der Waals surface area (Å²) in [5.74, 6) is 4.76. The van der Waals surface area contributed by atoms with Crippen LogP contribution in [0.15, 0.2) is 54.6 Å². The Morgan fingerprint density at radius 1 is 0.750 bits per heavy atom. The van der Waals surface area contributed by atoms with Gasteiger partial charge in [-0.1, -0.05) is 18.2 Å². The average Bonchev–Trinajstić information content (AvgIpc) is 3.21. The molecule has 5 heterocycles. The van der Waals surface area contributed by atoms with Gasteiger partial charge in [-0.05, 0) is 144 Å². The Labute approximate surface area is 332 Å². The van der Waals surface area contributed by atoms with Crippen LogP contribution in [-0.2, 0) is 38.8 Å². The number of methoxy groups -OCH3 is 3. The molecule has 0 radical (unpaired) electrons. The highest BCUT2D eigenvalue weighted by molar-refractivity contribution is 5.67. The molecule has 5 aliphatic heterocycles. The van der Waals surface area contributed by atoms with Gasteiger partial charge in [0.1, 0.15) is 11.5 Å². The smallest absolute Gasteiger partial charge is 0.204 e. The van der Waals surface area contributed by atoms with Crippen molar-refractivity contribution in [3.05, 3.63) is 99.1 Å². The van der Waals surface area contributed by atoms with Gasteiger partial charge in [0.15, 0.2) is 23.0 Å². The van der Waals surface area contributed by atoms with Gasteiger partial charge in [-0.15, -0.1) is 0 Å². The SMILES string of the molecule is COc1ccc2cc1Oc1ccc(cc1)C[C@H]1c3cc(c(CO)cc3CCN1C)Oc1c(OC)c(OC)c(CN3CCC(N(C)C)CC3)c3c1[C@H](C2)N(C)CC3. The van der Waals surface area contributed by atoms with E-state index in [4.69, 9.17) is 23.7 Å². The third-order valence-electron chi connectivity index (χ3n) is 12.8.